The Morgan fingerprint density at radius 2 is 2.05 bits per heavy atom. The minimum Gasteiger partial charge on any atom is -0.398 e. The van der Waals surface area contributed by atoms with Crippen LogP contribution in [0.2, 0.25) is 0 Å². The summed E-state index contributed by atoms with van der Waals surface area (Å²) in [7, 11) is 5.01. The molecule has 5 heteroatoms. The molecule has 0 atom stereocenters. The average Bonchev–Trinajstić information content (AvgIpc) is 3.22. The number of nitrogens with one attached hydrogen (secondary N) is 2. The second-order valence-electron chi connectivity index (χ2n) is 4.45. The van der Waals surface area contributed by atoms with Crippen molar-refractivity contribution in [1.29, 1.82) is 5.41 Å². The van der Waals surface area contributed by atoms with E-state index in [1.54, 1.807) is 27.3 Å². The van der Waals surface area contributed by atoms with E-state index < -0.39 is 0 Å². The molecule has 1 aliphatic carbocycles. The van der Waals surface area contributed by atoms with Gasteiger partial charge in [0.05, 0.1) is 0 Å². The second-order valence-corrected chi connectivity index (χ2v) is 4.45. The molecule has 0 heterocycles. The normalized spacial score (nSPS) is 13.2. The highest BCUT2D eigenvalue weighted by Gasteiger charge is 2.29. The maximum atomic E-state index is 11.0. The van der Waals surface area contributed by atoms with Crippen molar-refractivity contribution in [1.82, 2.24) is 0 Å². The number of nitrogens with two attached hydrogens (primary N) is 1. The van der Waals surface area contributed by atoms with Crippen molar-refractivity contribution in [2.75, 3.05) is 32.3 Å². The molecule has 2 rings (SSSR count). The molecule has 0 unspecified atom stereocenters. The Bertz CT molecular complexity index is 468. The van der Waals surface area contributed by atoms with Gasteiger partial charge in [0.15, 0.2) is 0 Å². The van der Waals surface area contributed by atoms with Crippen molar-refractivity contribution < 1.29 is 9.53 Å². The van der Waals surface area contributed by atoms with Gasteiger partial charge >= 0.3 is 0 Å². The standard InChI is InChI=1S/C12H15N3O.C2H6O/c1-15-10-4-8(6-16)11(7-2-3-7)12(14)9(10)5-13;1-3-2/h4-7,13,15H,2-3,14H2,1H3;1-2H3. The van der Waals surface area contributed by atoms with E-state index in [2.05, 4.69) is 10.1 Å². The van der Waals surface area contributed by atoms with Crippen LogP contribution < -0.4 is 11.1 Å². The Labute approximate surface area is 113 Å². The van der Waals surface area contributed by atoms with Crippen LogP contribution in [0.15, 0.2) is 6.07 Å². The van der Waals surface area contributed by atoms with E-state index in [1.807, 2.05) is 0 Å². The molecule has 0 saturated heterocycles. The quantitative estimate of drug-likeness (QED) is 0.441. The minimum absolute atomic E-state index is 0.407. The first-order valence-electron chi connectivity index (χ1n) is 6.14. The van der Waals surface area contributed by atoms with Gasteiger partial charge in [0.1, 0.15) is 6.29 Å². The Morgan fingerprint density at radius 1 is 1.47 bits per heavy atom. The van der Waals surface area contributed by atoms with Crippen molar-refractivity contribution in [2.45, 2.75) is 18.8 Å². The van der Waals surface area contributed by atoms with Crippen molar-refractivity contribution >= 4 is 23.9 Å². The highest BCUT2D eigenvalue weighted by Crippen LogP contribution is 2.46. The number of benzene rings is 1. The molecule has 1 aliphatic rings. The van der Waals surface area contributed by atoms with Crippen LogP contribution in [0.5, 0.6) is 0 Å². The SMILES string of the molecule is CNc1cc(C=O)c(C2CC2)c(N)c1C=N.COC. The summed E-state index contributed by atoms with van der Waals surface area (Å²) in [5, 5.41) is 10.3. The molecule has 1 aromatic rings. The average molecular weight is 263 g/mol. The lowest BCUT2D eigenvalue weighted by Gasteiger charge is -2.14. The van der Waals surface area contributed by atoms with Gasteiger partial charge in [-0.1, -0.05) is 0 Å². The number of hydrogen-bond acceptors (Lipinski definition) is 5. The van der Waals surface area contributed by atoms with Gasteiger partial charge in [-0.25, -0.2) is 0 Å². The van der Waals surface area contributed by atoms with Crippen LogP contribution in [0, 0.1) is 5.41 Å². The fourth-order valence-electron chi connectivity index (χ4n) is 2.04. The van der Waals surface area contributed by atoms with Crippen LogP contribution in [0.1, 0.15) is 40.2 Å². The fraction of sp³-hybridized carbons (Fsp3) is 0.429. The molecular formula is C14H21N3O2. The summed E-state index contributed by atoms with van der Waals surface area (Å²) in [5.41, 5.74) is 9.60. The molecule has 0 radical (unpaired) electrons. The van der Waals surface area contributed by atoms with Crippen molar-refractivity contribution in [3.8, 4) is 0 Å². The second kappa shape index (κ2) is 6.89. The van der Waals surface area contributed by atoms with Gasteiger partial charge in [0.25, 0.3) is 0 Å². The van der Waals surface area contributed by atoms with Crippen LogP contribution in [0.4, 0.5) is 11.4 Å². The number of hydrogen-bond donors (Lipinski definition) is 3. The minimum atomic E-state index is 0.407. The first kappa shape index (κ1) is 15.2. The Hall–Kier alpha value is -1.88. The molecule has 19 heavy (non-hydrogen) atoms. The zero-order chi connectivity index (χ0) is 14.4. The van der Waals surface area contributed by atoms with Crippen LogP contribution in [-0.2, 0) is 4.74 Å². The summed E-state index contributed by atoms with van der Waals surface area (Å²) in [6.07, 6.45) is 4.25. The van der Waals surface area contributed by atoms with Gasteiger partial charge in [0.2, 0.25) is 0 Å². The Kier molecular flexibility index (Phi) is 5.51. The smallest absolute Gasteiger partial charge is 0.150 e. The summed E-state index contributed by atoms with van der Waals surface area (Å²) in [6.45, 7) is 0. The summed E-state index contributed by atoms with van der Waals surface area (Å²) in [4.78, 5) is 11.0. The zero-order valence-corrected chi connectivity index (χ0v) is 11.6. The molecule has 104 valence electrons. The summed E-state index contributed by atoms with van der Waals surface area (Å²) >= 11 is 0. The number of rotatable bonds is 4. The Morgan fingerprint density at radius 3 is 2.42 bits per heavy atom. The molecule has 1 saturated carbocycles. The molecule has 0 amide bonds. The van der Waals surface area contributed by atoms with Gasteiger partial charge in [-0.15, -0.1) is 0 Å². The largest absolute Gasteiger partial charge is 0.398 e. The van der Waals surface area contributed by atoms with Crippen molar-refractivity contribution in [3.05, 3.63) is 22.8 Å². The number of aldehydes is 1. The molecule has 4 N–H and O–H groups in total. The maximum Gasteiger partial charge on any atom is 0.150 e. The van der Waals surface area contributed by atoms with E-state index in [4.69, 9.17) is 11.1 Å². The third kappa shape index (κ3) is 3.32. The Balaban J connectivity index is 0.000000550. The number of anilines is 2. The van der Waals surface area contributed by atoms with Crippen molar-refractivity contribution in [3.63, 3.8) is 0 Å². The molecule has 0 aliphatic heterocycles. The lowest BCUT2D eigenvalue weighted by molar-refractivity contribution is 0.112. The van der Waals surface area contributed by atoms with Gasteiger partial charge < -0.3 is 21.2 Å². The van der Waals surface area contributed by atoms with E-state index in [1.165, 1.54) is 6.21 Å². The van der Waals surface area contributed by atoms with E-state index in [0.29, 0.717) is 22.7 Å². The van der Waals surface area contributed by atoms with Crippen molar-refractivity contribution in [2.24, 2.45) is 0 Å². The number of carbonyl (C=O) groups excluding carboxylic acids is 1. The third-order valence-electron chi connectivity index (χ3n) is 3.01. The molecule has 1 aromatic carbocycles. The fourth-order valence-corrected chi connectivity index (χ4v) is 2.04. The predicted octanol–water partition coefficient (Wildman–Crippen LogP) is 2.26. The first-order valence-corrected chi connectivity index (χ1v) is 6.14. The summed E-state index contributed by atoms with van der Waals surface area (Å²) in [5.74, 6) is 0.407. The lowest BCUT2D eigenvalue weighted by atomic mass is 9.96. The predicted molar refractivity (Wildman–Crippen MR) is 78.6 cm³/mol. The summed E-state index contributed by atoms with van der Waals surface area (Å²) in [6, 6.07) is 1.78. The van der Waals surface area contributed by atoms with Gasteiger partial charge in [-0.3, -0.25) is 4.79 Å². The number of ether oxygens (including phenoxy) is 1. The zero-order valence-electron chi connectivity index (χ0n) is 11.6. The van der Waals surface area contributed by atoms with Gasteiger partial charge in [-0.05, 0) is 30.4 Å². The highest BCUT2D eigenvalue weighted by atomic mass is 16.4. The van der Waals surface area contributed by atoms with E-state index in [-0.39, 0.29) is 0 Å². The maximum absolute atomic E-state index is 11.0. The third-order valence-corrected chi connectivity index (χ3v) is 3.01. The lowest BCUT2D eigenvalue weighted by Crippen LogP contribution is -2.06. The molecule has 0 spiro atoms. The monoisotopic (exact) mass is 263 g/mol. The van der Waals surface area contributed by atoms with Gasteiger partial charge in [-0.2, -0.15) is 0 Å². The summed E-state index contributed by atoms with van der Waals surface area (Å²) < 4.78 is 4.25. The van der Waals surface area contributed by atoms with Crippen LogP contribution in [-0.4, -0.2) is 33.8 Å². The van der Waals surface area contributed by atoms with E-state index >= 15 is 0 Å². The number of carbonyl (C=O) groups is 1. The van der Waals surface area contributed by atoms with Crippen LogP contribution in [0.25, 0.3) is 0 Å². The first-order chi connectivity index (χ1) is 9.14. The van der Waals surface area contributed by atoms with Gasteiger partial charge in [0, 0.05) is 50.0 Å². The molecular weight excluding hydrogens is 242 g/mol. The molecule has 0 bridgehead atoms. The highest BCUT2D eigenvalue weighted by molar-refractivity contribution is 5.98. The van der Waals surface area contributed by atoms with E-state index in [9.17, 15) is 4.79 Å². The number of methoxy groups -OCH3 is 1. The molecule has 1 fully saturated rings. The van der Waals surface area contributed by atoms with Crippen LogP contribution in [0.3, 0.4) is 0 Å². The molecule has 0 aromatic heterocycles. The van der Waals surface area contributed by atoms with Crippen LogP contribution >= 0.6 is 0 Å². The topological polar surface area (TPSA) is 88.2 Å². The number of nitrogen functional groups attached to an aromatic ring is 1. The molecule has 5 nitrogen and oxygen atoms in total. The van der Waals surface area contributed by atoms with E-state index in [0.717, 1.165) is 30.4 Å².